The predicted octanol–water partition coefficient (Wildman–Crippen LogP) is 3.25. The molecule has 15 heavy (non-hydrogen) atoms. The minimum absolute atomic E-state index is 0.625. The first kappa shape index (κ1) is 9.99. The van der Waals surface area contributed by atoms with E-state index in [2.05, 4.69) is 0 Å². The third kappa shape index (κ3) is 1.81. The SMILES string of the molecule is Cc1ccc(Cl)cc1-n1cccc1C=O. The Balaban J connectivity index is 2.62. The van der Waals surface area contributed by atoms with Gasteiger partial charge in [0, 0.05) is 11.2 Å². The van der Waals surface area contributed by atoms with Crippen LogP contribution in [0.15, 0.2) is 36.5 Å². The molecule has 1 aromatic heterocycles. The van der Waals surface area contributed by atoms with Gasteiger partial charge in [-0.2, -0.15) is 0 Å². The zero-order chi connectivity index (χ0) is 10.8. The van der Waals surface area contributed by atoms with Crippen molar-refractivity contribution in [3.63, 3.8) is 0 Å². The third-order valence-electron chi connectivity index (χ3n) is 2.33. The lowest BCUT2D eigenvalue weighted by Crippen LogP contribution is -1.99. The normalized spacial score (nSPS) is 10.3. The number of benzene rings is 1. The molecular formula is C12H10ClNO. The van der Waals surface area contributed by atoms with Crippen LogP contribution >= 0.6 is 11.6 Å². The molecule has 76 valence electrons. The number of rotatable bonds is 2. The average molecular weight is 220 g/mol. The Labute approximate surface area is 93.1 Å². The molecule has 0 fully saturated rings. The summed E-state index contributed by atoms with van der Waals surface area (Å²) in [6, 6.07) is 9.23. The van der Waals surface area contributed by atoms with Crippen molar-refractivity contribution in [2.45, 2.75) is 6.92 Å². The number of nitrogens with zero attached hydrogens (tertiary/aromatic N) is 1. The molecule has 0 saturated heterocycles. The van der Waals surface area contributed by atoms with Crippen molar-refractivity contribution in [3.05, 3.63) is 52.8 Å². The van der Waals surface area contributed by atoms with Gasteiger partial charge in [0.25, 0.3) is 0 Å². The van der Waals surface area contributed by atoms with Crippen LogP contribution < -0.4 is 0 Å². The van der Waals surface area contributed by atoms with Crippen LogP contribution in [0.1, 0.15) is 16.1 Å². The van der Waals surface area contributed by atoms with E-state index in [1.807, 2.05) is 42.0 Å². The summed E-state index contributed by atoms with van der Waals surface area (Å²) in [5, 5.41) is 0.668. The van der Waals surface area contributed by atoms with E-state index in [-0.39, 0.29) is 0 Å². The number of aromatic nitrogens is 1. The highest BCUT2D eigenvalue weighted by atomic mass is 35.5. The summed E-state index contributed by atoms with van der Waals surface area (Å²) in [5.74, 6) is 0. The monoisotopic (exact) mass is 219 g/mol. The van der Waals surface area contributed by atoms with E-state index in [9.17, 15) is 4.79 Å². The highest BCUT2D eigenvalue weighted by Crippen LogP contribution is 2.20. The van der Waals surface area contributed by atoms with Crippen LogP contribution in [0.2, 0.25) is 5.02 Å². The largest absolute Gasteiger partial charge is 0.314 e. The van der Waals surface area contributed by atoms with Crippen molar-refractivity contribution in [1.82, 2.24) is 4.57 Å². The van der Waals surface area contributed by atoms with Crippen molar-refractivity contribution in [2.24, 2.45) is 0 Å². The molecule has 0 saturated carbocycles. The van der Waals surface area contributed by atoms with Crippen molar-refractivity contribution in [2.75, 3.05) is 0 Å². The summed E-state index contributed by atoms with van der Waals surface area (Å²) in [7, 11) is 0. The van der Waals surface area contributed by atoms with Gasteiger partial charge in [0.2, 0.25) is 0 Å². The molecule has 1 aromatic carbocycles. The smallest absolute Gasteiger partial charge is 0.166 e. The van der Waals surface area contributed by atoms with Gasteiger partial charge in [-0.1, -0.05) is 17.7 Å². The van der Waals surface area contributed by atoms with E-state index in [0.29, 0.717) is 10.7 Å². The molecule has 0 aliphatic carbocycles. The molecule has 0 bridgehead atoms. The molecule has 2 aromatic rings. The molecule has 0 unspecified atom stereocenters. The first-order valence-corrected chi connectivity index (χ1v) is 4.99. The van der Waals surface area contributed by atoms with Gasteiger partial charge in [-0.15, -0.1) is 0 Å². The van der Waals surface area contributed by atoms with Crippen LogP contribution in [0.25, 0.3) is 5.69 Å². The lowest BCUT2D eigenvalue weighted by atomic mass is 10.2. The summed E-state index contributed by atoms with van der Waals surface area (Å²) in [6.07, 6.45) is 2.68. The van der Waals surface area contributed by atoms with E-state index in [4.69, 9.17) is 11.6 Å². The first-order valence-electron chi connectivity index (χ1n) is 4.61. The fraction of sp³-hybridized carbons (Fsp3) is 0.0833. The van der Waals surface area contributed by atoms with Crippen LogP contribution in [0, 0.1) is 6.92 Å². The number of aryl methyl sites for hydroxylation is 1. The number of carbonyl (C=O) groups excluding carboxylic acids is 1. The van der Waals surface area contributed by atoms with Crippen molar-refractivity contribution in [1.29, 1.82) is 0 Å². The molecule has 1 heterocycles. The van der Waals surface area contributed by atoms with Crippen LogP contribution in [-0.4, -0.2) is 10.9 Å². The standard InChI is InChI=1S/C12H10ClNO/c1-9-4-5-10(13)7-12(9)14-6-2-3-11(14)8-15/h2-8H,1H3. The minimum atomic E-state index is 0.625. The van der Waals surface area contributed by atoms with Gasteiger partial charge in [0.05, 0.1) is 11.4 Å². The average Bonchev–Trinajstić information content (AvgIpc) is 2.69. The maximum absolute atomic E-state index is 10.8. The van der Waals surface area contributed by atoms with Gasteiger partial charge in [0.15, 0.2) is 6.29 Å². The summed E-state index contributed by atoms with van der Waals surface area (Å²) in [6.45, 7) is 1.99. The number of aldehydes is 1. The molecular weight excluding hydrogens is 210 g/mol. The predicted molar refractivity (Wildman–Crippen MR) is 60.9 cm³/mol. The molecule has 0 aliphatic rings. The zero-order valence-corrected chi connectivity index (χ0v) is 9.03. The Kier molecular flexibility index (Phi) is 2.60. The minimum Gasteiger partial charge on any atom is -0.314 e. The second-order valence-corrected chi connectivity index (χ2v) is 3.79. The number of halogens is 1. The van der Waals surface area contributed by atoms with Crippen LogP contribution in [-0.2, 0) is 0 Å². The number of hydrogen-bond acceptors (Lipinski definition) is 1. The summed E-state index contributed by atoms with van der Waals surface area (Å²) >= 11 is 5.93. The highest BCUT2D eigenvalue weighted by Gasteiger charge is 2.05. The molecule has 0 spiro atoms. The molecule has 0 amide bonds. The Morgan fingerprint density at radius 1 is 1.33 bits per heavy atom. The molecule has 0 atom stereocenters. The maximum atomic E-state index is 10.8. The van der Waals surface area contributed by atoms with Crippen LogP contribution in [0.5, 0.6) is 0 Å². The van der Waals surface area contributed by atoms with Gasteiger partial charge in [-0.3, -0.25) is 4.79 Å². The van der Waals surface area contributed by atoms with Crippen LogP contribution in [0.4, 0.5) is 0 Å². The molecule has 0 aliphatic heterocycles. The fourth-order valence-corrected chi connectivity index (χ4v) is 1.72. The van der Waals surface area contributed by atoms with E-state index in [1.54, 1.807) is 6.07 Å². The van der Waals surface area contributed by atoms with E-state index in [1.165, 1.54) is 0 Å². The summed E-state index contributed by atoms with van der Waals surface area (Å²) in [4.78, 5) is 10.8. The van der Waals surface area contributed by atoms with Gasteiger partial charge in [-0.25, -0.2) is 0 Å². The van der Waals surface area contributed by atoms with Gasteiger partial charge in [0.1, 0.15) is 0 Å². The van der Waals surface area contributed by atoms with Crippen molar-refractivity contribution < 1.29 is 4.79 Å². The topological polar surface area (TPSA) is 22.0 Å². The molecule has 2 nitrogen and oxygen atoms in total. The number of carbonyl (C=O) groups is 1. The Hall–Kier alpha value is -1.54. The lowest BCUT2D eigenvalue weighted by molar-refractivity contribution is 0.111. The first-order chi connectivity index (χ1) is 7.22. The Morgan fingerprint density at radius 2 is 2.13 bits per heavy atom. The highest BCUT2D eigenvalue weighted by molar-refractivity contribution is 6.30. The van der Waals surface area contributed by atoms with Gasteiger partial charge in [-0.05, 0) is 36.8 Å². The molecule has 0 radical (unpaired) electrons. The van der Waals surface area contributed by atoms with Crippen molar-refractivity contribution >= 4 is 17.9 Å². The quantitative estimate of drug-likeness (QED) is 0.711. The lowest BCUT2D eigenvalue weighted by Gasteiger charge is -2.09. The third-order valence-corrected chi connectivity index (χ3v) is 2.57. The molecule has 3 heteroatoms. The fourth-order valence-electron chi connectivity index (χ4n) is 1.55. The number of hydrogen-bond donors (Lipinski definition) is 0. The van der Waals surface area contributed by atoms with E-state index in [0.717, 1.165) is 17.5 Å². The van der Waals surface area contributed by atoms with Gasteiger partial charge >= 0.3 is 0 Å². The Bertz CT molecular complexity index is 502. The van der Waals surface area contributed by atoms with E-state index < -0.39 is 0 Å². The molecule has 2 rings (SSSR count). The van der Waals surface area contributed by atoms with E-state index >= 15 is 0 Å². The second kappa shape index (κ2) is 3.91. The van der Waals surface area contributed by atoms with Crippen LogP contribution in [0.3, 0.4) is 0 Å². The summed E-state index contributed by atoms with van der Waals surface area (Å²) < 4.78 is 1.83. The Morgan fingerprint density at radius 3 is 2.87 bits per heavy atom. The second-order valence-electron chi connectivity index (χ2n) is 3.35. The van der Waals surface area contributed by atoms with Crippen molar-refractivity contribution in [3.8, 4) is 5.69 Å². The zero-order valence-electron chi connectivity index (χ0n) is 8.27. The maximum Gasteiger partial charge on any atom is 0.166 e. The molecule has 0 N–H and O–H groups in total. The summed E-state index contributed by atoms with van der Waals surface area (Å²) in [5.41, 5.74) is 2.65. The van der Waals surface area contributed by atoms with Gasteiger partial charge < -0.3 is 4.57 Å².